The van der Waals surface area contributed by atoms with Crippen LogP contribution in [0.3, 0.4) is 0 Å². The molecule has 0 spiro atoms. The second kappa shape index (κ2) is 11.1. The number of ether oxygens (including phenoxy) is 1. The third-order valence-electron chi connectivity index (χ3n) is 5.63. The minimum atomic E-state index is -0.302. The van der Waals surface area contributed by atoms with Crippen molar-refractivity contribution in [2.45, 2.75) is 64.5 Å². The van der Waals surface area contributed by atoms with Crippen LogP contribution in [0.4, 0.5) is 5.69 Å². The zero-order chi connectivity index (χ0) is 21.3. The summed E-state index contributed by atoms with van der Waals surface area (Å²) in [5, 5.41) is 2.80. The van der Waals surface area contributed by atoms with Crippen LogP contribution in [-0.4, -0.2) is 54.3 Å². The molecule has 1 atom stereocenters. The van der Waals surface area contributed by atoms with Crippen molar-refractivity contribution in [3.05, 3.63) is 29.8 Å². The van der Waals surface area contributed by atoms with Gasteiger partial charge in [0.1, 0.15) is 6.54 Å². The highest BCUT2D eigenvalue weighted by Crippen LogP contribution is 2.36. The molecule has 0 aromatic heterocycles. The Labute approximate surface area is 179 Å². The van der Waals surface area contributed by atoms with E-state index in [4.69, 9.17) is 4.74 Å². The topological polar surface area (TPSA) is 74.2 Å². The summed E-state index contributed by atoms with van der Waals surface area (Å²) in [7, 11) is 1.91. The number of unbranched alkanes of at least 4 members (excludes halogenated alkanes) is 5. The number of carbonyl (C=O) groups excluding carboxylic acids is 2. The summed E-state index contributed by atoms with van der Waals surface area (Å²) in [6.45, 7) is 3.89. The summed E-state index contributed by atoms with van der Waals surface area (Å²) < 4.78 is 6.16. The first-order valence-corrected chi connectivity index (χ1v) is 11.2. The lowest BCUT2D eigenvalue weighted by atomic mass is 10.1. The zero-order valence-electron chi connectivity index (χ0n) is 18.2. The molecule has 2 aliphatic rings. The summed E-state index contributed by atoms with van der Waals surface area (Å²) in [5.41, 5.74) is 1.82. The average Bonchev–Trinajstić information content (AvgIpc) is 3.12. The lowest BCUT2D eigenvalue weighted by Crippen LogP contribution is -2.37. The van der Waals surface area contributed by atoms with Gasteiger partial charge in [-0.3, -0.25) is 14.9 Å². The summed E-state index contributed by atoms with van der Waals surface area (Å²) in [6, 6.07) is 7.83. The highest BCUT2D eigenvalue weighted by Gasteiger charge is 2.37. The van der Waals surface area contributed by atoms with Crippen LogP contribution in [0.25, 0.3) is 0 Å². The molecule has 7 nitrogen and oxygen atoms in total. The minimum absolute atomic E-state index is 0.0625. The molecule has 1 aromatic rings. The molecule has 3 rings (SSSR count). The van der Waals surface area contributed by atoms with E-state index in [1.54, 1.807) is 0 Å². The first kappa shape index (κ1) is 22.3. The number of para-hydroxylation sites is 1. The molecule has 2 heterocycles. The number of fused-ring (bicyclic) bond motifs is 2. The Morgan fingerprint density at radius 3 is 2.83 bits per heavy atom. The van der Waals surface area contributed by atoms with Crippen LogP contribution in [0.15, 0.2) is 29.3 Å². The fraction of sp³-hybridized carbons (Fsp3) is 0.609. The molecule has 1 unspecified atom stereocenters. The number of hydrogen-bond donors (Lipinski definition) is 1. The van der Waals surface area contributed by atoms with Crippen molar-refractivity contribution in [3.8, 4) is 0 Å². The molecular weight excluding hydrogens is 380 g/mol. The molecule has 7 heteroatoms. The molecular formula is C23H34N4O3. The van der Waals surface area contributed by atoms with Crippen LogP contribution in [0, 0.1) is 0 Å². The lowest BCUT2D eigenvalue weighted by molar-refractivity contribution is -0.130. The third-order valence-corrected chi connectivity index (χ3v) is 5.63. The van der Waals surface area contributed by atoms with Gasteiger partial charge < -0.3 is 14.5 Å². The number of nitrogens with zero attached hydrogens (tertiary/aromatic N) is 3. The van der Waals surface area contributed by atoms with E-state index in [1.807, 2.05) is 41.1 Å². The quantitative estimate of drug-likeness (QED) is 0.529. The summed E-state index contributed by atoms with van der Waals surface area (Å²) in [6.07, 6.45) is 7.73. The van der Waals surface area contributed by atoms with Crippen LogP contribution in [-0.2, 0) is 14.3 Å². The molecule has 1 aromatic carbocycles. The molecule has 1 saturated heterocycles. The Kier molecular flexibility index (Phi) is 8.25. The molecule has 2 amide bonds. The first-order chi connectivity index (χ1) is 14.6. The van der Waals surface area contributed by atoms with E-state index >= 15 is 0 Å². The van der Waals surface area contributed by atoms with Crippen LogP contribution in [0.2, 0.25) is 0 Å². The Bertz CT molecular complexity index is 765. The molecule has 0 bridgehead atoms. The van der Waals surface area contributed by atoms with E-state index < -0.39 is 0 Å². The van der Waals surface area contributed by atoms with Gasteiger partial charge in [0.15, 0.2) is 6.23 Å². The molecule has 164 valence electrons. The largest absolute Gasteiger partial charge is 0.354 e. The summed E-state index contributed by atoms with van der Waals surface area (Å²) >= 11 is 0. The average molecular weight is 415 g/mol. The molecule has 0 aliphatic carbocycles. The van der Waals surface area contributed by atoms with Crippen LogP contribution in [0.1, 0.15) is 70.1 Å². The monoisotopic (exact) mass is 414 g/mol. The van der Waals surface area contributed by atoms with Gasteiger partial charge in [-0.25, -0.2) is 4.99 Å². The second-order valence-corrected chi connectivity index (χ2v) is 8.08. The summed E-state index contributed by atoms with van der Waals surface area (Å²) in [5.74, 6) is 0.736. The number of amides is 2. The smallest absolute Gasteiger partial charge is 0.246 e. The highest BCUT2D eigenvalue weighted by atomic mass is 16.5. The fourth-order valence-electron chi connectivity index (χ4n) is 3.85. The number of benzene rings is 1. The number of nitrogens with one attached hydrogen (secondary N) is 1. The normalized spacial score (nSPS) is 17.3. The number of aliphatic imine (C=N–C) groups is 1. The van der Waals surface area contributed by atoms with Crippen molar-refractivity contribution in [3.63, 3.8) is 0 Å². The summed E-state index contributed by atoms with van der Waals surface area (Å²) in [4.78, 5) is 32.3. The van der Waals surface area contributed by atoms with E-state index in [0.29, 0.717) is 19.0 Å². The SMILES string of the molecule is CCCCCCN(C)C(=O)CCCCCOC1c2ccccc2N=C2NC(=O)CN21. The number of rotatable bonds is 12. The molecule has 0 radical (unpaired) electrons. The van der Waals surface area contributed by atoms with Crippen molar-refractivity contribution in [1.29, 1.82) is 0 Å². The minimum Gasteiger partial charge on any atom is -0.354 e. The van der Waals surface area contributed by atoms with Gasteiger partial charge in [-0.15, -0.1) is 0 Å². The van der Waals surface area contributed by atoms with Crippen LogP contribution in [0.5, 0.6) is 0 Å². The Morgan fingerprint density at radius 1 is 1.20 bits per heavy atom. The molecule has 0 saturated carbocycles. The number of guanidine groups is 1. The number of hydrogen-bond acceptors (Lipinski definition) is 5. The molecule has 1 fully saturated rings. The molecule has 1 N–H and O–H groups in total. The van der Waals surface area contributed by atoms with Gasteiger partial charge in [0.25, 0.3) is 0 Å². The van der Waals surface area contributed by atoms with Crippen molar-refractivity contribution < 1.29 is 14.3 Å². The first-order valence-electron chi connectivity index (χ1n) is 11.2. The van der Waals surface area contributed by atoms with E-state index in [-0.39, 0.29) is 24.6 Å². The van der Waals surface area contributed by atoms with Gasteiger partial charge in [0.2, 0.25) is 17.8 Å². The third kappa shape index (κ3) is 5.81. The predicted molar refractivity (Wildman–Crippen MR) is 117 cm³/mol. The van der Waals surface area contributed by atoms with Crippen LogP contribution >= 0.6 is 0 Å². The molecule has 30 heavy (non-hydrogen) atoms. The van der Waals surface area contributed by atoms with Crippen molar-refractivity contribution in [2.24, 2.45) is 4.99 Å². The maximum atomic E-state index is 12.2. The van der Waals surface area contributed by atoms with E-state index in [1.165, 1.54) is 19.3 Å². The Balaban J connectivity index is 1.38. The van der Waals surface area contributed by atoms with Crippen molar-refractivity contribution >= 4 is 23.5 Å². The van der Waals surface area contributed by atoms with Gasteiger partial charge in [-0.05, 0) is 25.3 Å². The second-order valence-electron chi connectivity index (χ2n) is 8.08. The van der Waals surface area contributed by atoms with Gasteiger partial charge in [0.05, 0.1) is 5.69 Å². The van der Waals surface area contributed by atoms with E-state index in [0.717, 1.165) is 43.5 Å². The maximum Gasteiger partial charge on any atom is 0.246 e. The lowest BCUT2D eigenvalue weighted by Gasteiger charge is -2.32. The van der Waals surface area contributed by atoms with Gasteiger partial charge in [0, 0.05) is 32.2 Å². The Hall–Kier alpha value is -2.41. The predicted octanol–water partition coefficient (Wildman–Crippen LogP) is 3.73. The van der Waals surface area contributed by atoms with Crippen molar-refractivity contribution in [1.82, 2.24) is 15.1 Å². The maximum absolute atomic E-state index is 12.2. The Morgan fingerprint density at radius 2 is 2.00 bits per heavy atom. The highest BCUT2D eigenvalue weighted by molar-refractivity contribution is 6.06. The van der Waals surface area contributed by atoms with Crippen molar-refractivity contribution in [2.75, 3.05) is 26.7 Å². The standard InChI is InChI=1S/C23H34N4O3/c1-3-4-5-10-15-26(2)21(29)14-7-6-11-16-30-22-18-12-8-9-13-19(18)24-23-25-20(28)17-27(22)23/h8-9,12-13,22H,3-7,10-11,14-17H2,1-2H3,(H,24,25,28). The van der Waals surface area contributed by atoms with Gasteiger partial charge >= 0.3 is 0 Å². The van der Waals surface area contributed by atoms with Gasteiger partial charge in [-0.2, -0.15) is 0 Å². The fourth-order valence-corrected chi connectivity index (χ4v) is 3.85. The van der Waals surface area contributed by atoms with Gasteiger partial charge in [-0.1, -0.05) is 50.8 Å². The molecule has 2 aliphatic heterocycles. The van der Waals surface area contributed by atoms with Crippen LogP contribution < -0.4 is 5.32 Å². The zero-order valence-corrected chi connectivity index (χ0v) is 18.2. The van der Waals surface area contributed by atoms with E-state index in [2.05, 4.69) is 17.2 Å². The number of carbonyl (C=O) groups is 2. The van der Waals surface area contributed by atoms with E-state index in [9.17, 15) is 9.59 Å².